The van der Waals surface area contributed by atoms with E-state index in [4.69, 9.17) is 9.47 Å². The molecule has 0 spiro atoms. The highest BCUT2D eigenvalue weighted by molar-refractivity contribution is 5.85. The fraction of sp³-hybridized carbons (Fsp3) is 0.458. The minimum absolute atomic E-state index is 0.0621. The van der Waals surface area contributed by atoms with Crippen LogP contribution < -0.4 is 10.1 Å². The van der Waals surface area contributed by atoms with Gasteiger partial charge in [0.2, 0.25) is 11.8 Å². The van der Waals surface area contributed by atoms with Gasteiger partial charge in [0.05, 0.1) is 42.7 Å². The summed E-state index contributed by atoms with van der Waals surface area (Å²) >= 11 is 0. The van der Waals surface area contributed by atoms with Crippen molar-refractivity contribution in [2.45, 2.75) is 44.3 Å². The fourth-order valence-electron chi connectivity index (χ4n) is 4.83. The van der Waals surface area contributed by atoms with Gasteiger partial charge in [-0.15, -0.1) is 0 Å². The zero-order valence-electron chi connectivity index (χ0n) is 18.5. The summed E-state index contributed by atoms with van der Waals surface area (Å²) in [5.41, 5.74) is 2.58. The molecule has 2 aliphatic rings. The zero-order valence-corrected chi connectivity index (χ0v) is 18.5. The molecule has 0 bridgehead atoms. The first-order chi connectivity index (χ1) is 15.6. The number of aromatic amines is 1. The van der Waals surface area contributed by atoms with E-state index in [-0.39, 0.29) is 18.0 Å². The minimum atomic E-state index is -0.0708. The third-order valence-electron chi connectivity index (χ3n) is 6.47. The first-order valence-electron chi connectivity index (χ1n) is 11.2. The van der Waals surface area contributed by atoms with Gasteiger partial charge in [0, 0.05) is 37.5 Å². The van der Waals surface area contributed by atoms with Crippen LogP contribution in [0, 0.1) is 0 Å². The van der Waals surface area contributed by atoms with Crippen LogP contribution in [0.3, 0.4) is 0 Å². The predicted octanol–water partition coefficient (Wildman–Crippen LogP) is 3.06. The molecule has 0 radical (unpaired) electrons. The van der Waals surface area contributed by atoms with Gasteiger partial charge in [0.25, 0.3) is 0 Å². The minimum Gasteiger partial charge on any atom is -0.480 e. The van der Waals surface area contributed by atoms with E-state index < -0.39 is 0 Å². The summed E-state index contributed by atoms with van der Waals surface area (Å²) in [4.78, 5) is 27.2. The molecule has 4 heterocycles. The lowest BCUT2D eigenvalue weighted by Gasteiger charge is -2.39. The summed E-state index contributed by atoms with van der Waals surface area (Å²) in [5.74, 6) is 1.41. The molecule has 8 nitrogen and oxygen atoms in total. The van der Waals surface area contributed by atoms with Crippen molar-refractivity contribution in [1.29, 1.82) is 0 Å². The molecule has 2 aromatic heterocycles. The Kier molecular flexibility index (Phi) is 5.80. The maximum absolute atomic E-state index is 12.5. The molecule has 2 aliphatic heterocycles. The average Bonchev–Trinajstić information content (AvgIpc) is 3.50. The smallest absolute Gasteiger partial charge is 0.223 e. The van der Waals surface area contributed by atoms with Crippen molar-refractivity contribution >= 4 is 16.8 Å². The van der Waals surface area contributed by atoms with Crippen LogP contribution >= 0.6 is 0 Å². The van der Waals surface area contributed by atoms with Gasteiger partial charge >= 0.3 is 0 Å². The van der Waals surface area contributed by atoms with Crippen LogP contribution in [-0.2, 0) is 9.53 Å². The van der Waals surface area contributed by atoms with E-state index in [9.17, 15) is 4.79 Å². The molecule has 2 saturated heterocycles. The molecule has 1 aromatic carbocycles. The molecular weight excluding hydrogens is 406 g/mol. The van der Waals surface area contributed by atoms with Gasteiger partial charge in [-0.25, -0.2) is 9.97 Å². The second kappa shape index (κ2) is 8.88. The molecule has 3 aromatic rings. The number of methoxy groups -OCH3 is 1. The molecule has 8 heteroatoms. The predicted molar refractivity (Wildman–Crippen MR) is 121 cm³/mol. The fourth-order valence-corrected chi connectivity index (χ4v) is 4.83. The number of pyridine rings is 1. The number of H-pyrrole nitrogens is 1. The Bertz CT molecular complexity index is 1110. The Morgan fingerprint density at radius 2 is 2.12 bits per heavy atom. The molecule has 2 fully saturated rings. The number of nitrogens with zero attached hydrogens (tertiary/aromatic N) is 3. The Morgan fingerprint density at radius 1 is 1.25 bits per heavy atom. The van der Waals surface area contributed by atoms with Crippen molar-refractivity contribution in [2.24, 2.45) is 0 Å². The van der Waals surface area contributed by atoms with E-state index in [1.165, 1.54) is 0 Å². The van der Waals surface area contributed by atoms with Gasteiger partial charge in [0.15, 0.2) is 0 Å². The van der Waals surface area contributed by atoms with Crippen molar-refractivity contribution in [3.63, 3.8) is 0 Å². The number of aromatic nitrogens is 3. The summed E-state index contributed by atoms with van der Waals surface area (Å²) in [6.07, 6.45) is 4.68. The molecule has 3 atom stereocenters. The van der Waals surface area contributed by atoms with Gasteiger partial charge in [0.1, 0.15) is 5.82 Å². The van der Waals surface area contributed by atoms with Crippen LogP contribution in [-0.4, -0.2) is 64.7 Å². The first-order valence-corrected chi connectivity index (χ1v) is 11.2. The zero-order chi connectivity index (χ0) is 22.1. The number of nitrogens with one attached hydrogen (secondary N) is 2. The van der Waals surface area contributed by atoms with E-state index in [1.807, 2.05) is 35.4 Å². The summed E-state index contributed by atoms with van der Waals surface area (Å²) < 4.78 is 11.0. The SMILES string of the molecule is COc1nc2ccccc2cc1-c1cnc([C@@H]2CC[C@H](NC3CCOC3)CN2C(C)=O)[nH]1. The number of carbonyl (C=O) groups excluding carboxylic acids is 1. The van der Waals surface area contributed by atoms with Crippen LogP contribution in [0.25, 0.3) is 22.2 Å². The van der Waals surface area contributed by atoms with E-state index in [1.54, 1.807) is 14.0 Å². The third-order valence-corrected chi connectivity index (χ3v) is 6.47. The molecule has 5 rings (SSSR count). The molecule has 2 N–H and O–H groups in total. The number of amides is 1. The number of fused-ring (bicyclic) bond motifs is 1. The van der Waals surface area contributed by atoms with Crippen molar-refractivity contribution in [3.8, 4) is 17.1 Å². The second-order valence-electron chi connectivity index (χ2n) is 8.61. The molecule has 32 heavy (non-hydrogen) atoms. The first kappa shape index (κ1) is 20.9. The maximum Gasteiger partial charge on any atom is 0.223 e. The number of carbonyl (C=O) groups is 1. The molecule has 1 amide bonds. The van der Waals surface area contributed by atoms with Gasteiger partial charge in [-0.3, -0.25) is 4.79 Å². The highest BCUT2D eigenvalue weighted by Gasteiger charge is 2.34. The summed E-state index contributed by atoms with van der Waals surface area (Å²) in [6.45, 7) is 3.87. The third kappa shape index (κ3) is 4.08. The van der Waals surface area contributed by atoms with Gasteiger partial charge in [-0.05, 0) is 31.4 Å². The quantitative estimate of drug-likeness (QED) is 0.640. The number of hydrogen-bond donors (Lipinski definition) is 2. The highest BCUT2D eigenvalue weighted by atomic mass is 16.5. The van der Waals surface area contributed by atoms with Gasteiger partial charge < -0.3 is 24.7 Å². The van der Waals surface area contributed by atoms with Crippen molar-refractivity contribution in [1.82, 2.24) is 25.2 Å². The van der Waals surface area contributed by atoms with Crippen LogP contribution in [0.5, 0.6) is 5.88 Å². The van der Waals surface area contributed by atoms with E-state index >= 15 is 0 Å². The lowest BCUT2D eigenvalue weighted by atomic mass is 9.96. The number of piperidine rings is 1. The van der Waals surface area contributed by atoms with Gasteiger partial charge in [-0.2, -0.15) is 0 Å². The Morgan fingerprint density at radius 3 is 2.91 bits per heavy atom. The molecular formula is C24H29N5O3. The lowest BCUT2D eigenvalue weighted by Crippen LogP contribution is -2.51. The van der Waals surface area contributed by atoms with Crippen LogP contribution in [0.2, 0.25) is 0 Å². The van der Waals surface area contributed by atoms with Crippen molar-refractivity contribution < 1.29 is 14.3 Å². The standard InChI is InChI=1S/C24H29N5O3/c1-15(30)29-13-17(26-18-9-10-32-14-18)7-8-22(29)23-25-12-21(27-23)19-11-16-5-3-4-6-20(16)28-24(19)31-2/h3-6,11-12,17-18,22,26H,7-10,13-14H2,1-2H3,(H,25,27)/t17-,18?,22-/m0/s1. The molecule has 0 saturated carbocycles. The summed E-state index contributed by atoms with van der Waals surface area (Å²) in [6, 6.07) is 10.6. The Labute approximate surface area is 187 Å². The normalized spacial score (nSPS) is 23.6. The molecule has 168 valence electrons. The van der Waals surface area contributed by atoms with Crippen LogP contribution in [0.15, 0.2) is 36.5 Å². The number of ether oxygens (including phenoxy) is 2. The molecule has 1 unspecified atom stereocenters. The average molecular weight is 436 g/mol. The van der Waals surface area contributed by atoms with E-state index in [0.29, 0.717) is 18.5 Å². The number of likely N-dealkylation sites (tertiary alicyclic amines) is 1. The lowest BCUT2D eigenvalue weighted by molar-refractivity contribution is -0.133. The number of benzene rings is 1. The topological polar surface area (TPSA) is 92.4 Å². The highest BCUT2D eigenvalue weighted by Crippen LogP contribution is 2.34. The second-order valence-corrected chi connectivity index (χ2v) is 8.61. The Balaban J connectivity index is 1.39. The number of hydrogen-bond acceptors (Lipinski definition) is 6. The van der Waals surface area contributed by atoms with E-state index in [0.717, 1.165) is 60.5 Å². The number of imidazole rings is 1. The van der Waals surface area contributed by atoms with Crippen molar-refractivity contribution in [3.05, 3.63) is 42.4 Å². The summed E-state index contributed by atoms with van der Waals surface area (Å²) in [5, 5.41) is 4.70. The number of para-hydroxylation sites is 1. The van der Waals surface area contributed by atoms with Crippen LogP contribution in [0.4, 0.5) is 0 Å². The van der Waals surface area contributed by atoms with Crippen LogP contribution in [0.1, 0.15) is 38.1 Å². The number of rotatable bonds is 5. The van der Waals surface area contributed by atoms with Gasteiger partial charge in [-0.1, -0.05) is 18.2 Å². The largest absolute Gasteiger partial charge is 0.480 e. The van der Waals surface area contributed by atoms with E-state index in [2.05, 4.69) is 26.3 Å². The summed E-state index contributed by atoms with van der Waals surface area (Å²) in [7, 11) is 1.62. The Hall–Kier alpha value is -2.97. The van der Waals surface area contributed by atoms with Crippen molar-refractivity contribution in [2.75, 3.05) is 26.9 Å². The monoisotopic (exact) mass is 435 g/mol. The molecule has 0 aliphatic carbocycles. The maximum atomic E-state index is 12.5.